The first kappa shape index (κ1) is 14.9. The second-order valence-corrected chi connectivity index (χ2v) is 6.08. The zero-order valence-corrected chi connectivity index (χ0v) is 11.9. The normalized spacial score (nSPS) is 14.4. The Bertz CT molecular complexity index is 546. The fourth-order valence-electron chi connectivity index (χ4n) is 1.22. The van der Waals surface area contributed by atoms with E-state index in [4.69, 9.17) is 10.9 Å². The molecule has 9 heteroatoms. The number of nitrogens with one attached hydrogen (secondary N) is 1. The van der Waals surface area contributed by atoms with Crippen LogP contribution >= 0.6 is 15.9 Å². The smallest absolute Gasteiger partial charge is 0.242 e. The Hall–Kier alpha value is -1.19. The van der Waals surface area contributed by atoms with E-state index in [1.54, 1.807) is 6.92 Å². The number of oxime groups is 1. The second kappa shape index (κ2) is 6.12. The summed E-state index contributed by atoms with van der Waals surface area (Å²) in [4.78, 5) is 3.77. The van der Waals surface area contributed by atoms with Crippen molar-refractivity contribution in [1.29, 1.82) is 0 Å². The van der Waals surface area contributed by atoms with E-state index in [0.29, 0.717) is 10.9 Å². The zero-order chi connectivity index (χ0) is 13.8. The molecule has 0 aliphatic carbocycles. The van der Waals surface area contributed by atoms with Crippen molar-refractivity contribution < 1.29 is 13.6 Å². The Balaban J connectivity index is 3.01. The number of hydrogen-bond donors (Lipinski definition) is 3. The van der Waals surface area contributed by atoms with Gasteiger partial charge in [0, 0.05) is 16.9 Å². The van der Waals surface area contributed by atoms with Crippen LogP contribution in [0, 0.1) is 0 Å². The molecule has 7 nitrogen and oxygen atoms in total. The van der Waals surface area contributed by atoms with Crippen LogP contribution in [-0.2, 0) is 10.0 Å². The fourth-order valence-corrected chi connectivity index (χ4v) is 3.01. The van der Waals surface area contributed by atoms with E-state index in [9.17, 15) is 8.42 Å². The minimum absolute atomic E-state index is 0.000986. The van der Waals surface area contributed by atoms with Gasteiger partial charge in [0.1, 0.15) is 4.90 Å². The molecule has 0 aliphatic rings. The van der Waals surface area contributed by atoms with E-state index in [-0.39, 0.29) is 10.7 Å². The molecule has 1 heterocycles. The molecule has 1 rings (SSSR count). The summed E-state index contributed by atoms with van der Waals surface area (Å²) in [6.45, 7) is 1.71. The largest absolute Gasteiger partial charge is 0.409 e. The van der Waals surface area contributed by atoms with Gasteiger partial charge in [-0.25, -0.2) is 13.1 Å². The maximum absolute atomic E-state index is 12.0. The van der Waals surface area contributed by atoms with Crippen molar-refractivity contribution in [1.82, 2.24) is 9.71 Å². The van der Waals surface area contributed by atoms with Crippen molar-refractivity contribution in [2.75, 3.05) is 0 Å². The Morgan fingerprint density at radius 2 is 2.33 bits per heavy atom. The van der Waals surface area contributed by atoms with E-state index in [1.807, 2.05) is 0 Å². The Labute approximate surface area is 113 Å². The third kappa shape index (κ3) is 3.65. The van der Waals surface area contributed by atoms with Gasteiger partial charge in [0.2, 0.25) is 10.0 Å². The number of halogens is 1. The van der Waals surface area contributed by atoms with Gasteiger partial charge in [0.05, 0.1) is 6.04 Å². The highest BCUT2D eigenvalue weighted by molar-refractivity contribution is 9.10. The summed E-state index contributed by atoms with van der Waals surface area (Å²) in [5, 5.41) is 11.4. The number of nitrogens with zero attached hydrogens (tertiary/aromatic N) is 2. The predicted molar refractivity (Wildman–Crippen MR) is 69.7 cm³/mol. The van der Waals surface area contributed by atoms with Crippen LogP contribution < -0.4 is 10.5 Å². The average molecular weight is 337 g/mol. The molecule has 0 saturated heterocycles. The first-order valence-corrected chi connectivity index (χ1v) is 7.28. The molecule has 0 aromatic carbocycles. The summed E-state index contributed by atoms with van der Waals surface area (Å²) in [6.07, 6.45) is 3.04. The summed E-state index contributed by atoms with van der Waals surface area (Å²) in [7, 11) is -3.76. The molecular formula is C9H13BrN4O3S. The van der Waals surface area contributed by atoms with Gasteiger partial charge in [0.25, 0.3) is 0 Å². The van der Waals surface area contributed by atoms with Crippen LogP contribution in [0.25, 0.3) is 0 Å². The lowest BCUT2D eigenvalue weighted by atomic mass is 10.2. The Kier molecular flexibility index (Phi) is 5.05. The molecule has 4 N–H and O–H groups in total. The van der Waals surface area contributed by atoms with Crippen LogP contribution in [0.2, 0.25) is 0 Å². The van der Waals surface area contributed by atoms with E-state index in [1.165, 1.54) is 18.5 Å². The van der Waals surface area contributed by atoms with Gasteiger partial charge in [-0.05, 0) is 28.4 Å². The number of aromatic nitrogens is 1. The number of nitrogens with two attached hydrogens (primary N) is 1. The maximum Gasteiger partial charge on any atom is 0.242 e. The summed E-state index contributed by atoms with van der Waals surface area (Å²) < 4.78 is 26.9. The molecule has 1 aromatic heterocycles. The van der Waals surface area contributed by atoms with E-state index < -0.39 is 16.1 Å². The highest BCUT2D eigenvalue weighted by atomic mass is 79.9. The van der Waals surface area contributed by atoms with E-state index >= 15 is 0 Å². The molecule has 0 fully saturated rings. The Morgan fingerprint density at radius 1 is 1.67 bits per heavy atom. The predicted octanol–water partition coefficient (Wildman–Crippen LogP) is 0.647. The lowest BCUT2D eigenvalue weighted by Gasteiger charge is -2.15. The molecule has 0 saturated carbocycles. The molecule has 0 amide bonds. The first-order chi connectivity index (χ1) is 8.40. The molecular weight excluding hydrogens is 324 g/mol. The molecule has 0 bridgehead atoms. The van der Waals surface area contributed by atoms with Crippen molar-refractivity contribution in [2.24, 2.45) is 10.9 Å². The zero-order valence-electron chi connectivity index (χ0n) is 9.54. The van der Waals surface area contributed by atoms with Crippen LogP contribution in [0.5, 0.6) is 0 Å². The number of rotatable bonds is 5. The van der Waals surface area contributed by atoms with Crippen LogP contribution in [0.4, 0.5) is 0 Å². The standard InChI is InChI=1S/C9H13BrN4O3S/c1-2-8(9(11)13-15)14-18(16,17)7-3-6(10)4-12-5-7/h3-5,8,14-15H,2H2,1H3,(H2,11,13). The van der Waals surface area contributed by atoms with Crippen molar-refractivity contribution in [3.05, 3.63) is 22.9 Å². The summed E-state index contributed by atoms with van der Waals surface area (Å²) in [5.41, 5.74) is 5.39. The molecule has 1 atom stereocenters. The van der Waals surface area contributed by atoms with Crippen molar-refractivity contribution >= 4 is 31.8 Å². The lowest BCUT2D eigenvalue weighted by Crippen LogP contribution is -2.44. The quantitative estimate of drug-likeness (QED) is 0.316. The fraction of sp³-hybridized carbons (Fsp3) is 0.333. The van der Waals surface area contributed by atoms with Crippen LogP contribution in [0.3, 0.4) is 0 Å². The SMILES string of the molecule is CCC(NS(=O)(=O)c1cncc(Br)c1)C(N)=NO. The van der Waals surface area contributed by atoms with Gasteiger partial charge < -0.3 is 10.9 Å². The van der Waals surface area contributed by atoms with Crippen LogP contribution in [0.1, 0.15) is 13.3 Å². The van der Waals surface area contributed by atoms with Crippen LogP contribution in [-0.4, -0.2) is 30.5 Å². The molecule has 100 valence electrons. The lowest BCUT2D eigenvalue weighted by molar-refractivity contribution is 0.315. The molecule has 0 aliphatic heterocycles. The van der Waals surface area contributed by atoms with E-state index in [2.05, 4.69) is 30.8 Å². The minimum atomic E-state index is -3.76. The highest BCUT2D eigenvalue weighted by Gasteiger charge is 2.22. The third-order valence-corrected chi connectivity index (χ3v) is 4.04. The van der Waals surface area contributed by atoms with Gasteiger partial charge in [0.15, 0.2) is 5.84 Å². The van der Waals surface area contributed by atoms with Gasteiger partial charge in [-0.2, -0.15) is 0 Å². The van der Waals surface area contributed by atoms with Crippen molar-refractivity contribution in [2.45, 2.75) is 24.3 Å². The maximum atomic E-state index is 12.0. The van der Waals surface area contributed by atoms with Gasteiger partial charge in [-0.15, -0.1) is 0 Å². The number of amidine groups is 1. The molecule has 1 unspecified atom stereocenters. The van der Waals surface area contributed by atoms with Crippen LogP contribution in [0.15, 0.2) is 33.0 Å². The molecule has 18 heavy (non-hydrogen) atoms. The second-order valence-electron chi connectivity index (χ2n) is 3.45. The minimum Gasteiger partial charge on any atom is -0.409 e. The Morgan fingerprint density at radius 3 is 2.83 bits per heavy atom. The molecule has 0 radical (unpaired) electrons. The van der Waals surface area contributed by atoms with Crippen molar-refractivity contribution in [3.8, 4) is 0 Å². The monoisotopic (exact) mass is 336 g/mol. The average Bonchev–Trinajstić information content (AvgIpc) is 2.35. The topological polar surface area (TPSA) is 118 Å². The van der Waals surface area contributed by atoms with Gasteiger partial charge in [-0.1, -0.05) is 12.1 Å². The van der Waals surface area contributed by atoms with Gasteiger partial charge >= 0.3 is 0 Å². The third-order valence-electron chi connectivity index (χ3n) is 2.17. The number of hydrogen-bond acceptors (Lipinski definition) is 5. The van der Waals surface area contributed by atoms with E-state index in [0.717, 1.165) is 0 Å². The number of pyridine rings is 1. The summed E-state index contributed by atoms with van der Waals surface area (Å²) >= 11 is 3.14. The number of sulfonamides is 1. The molecule has 0 spiro atoms. The summed E-state index contributed by atoms with van der Waals surface area (Å²) in [5.74, 6) is -0.191. The molecule has 1 aromatic rings. The summed E-state index contributed by atoms with van der Waals surface area (Å²) in [6, 6.07) is 0.646. The highest BCUT2D eigenvalue weighted by Crippen LogP contribution is 2.14. The van der Waals surface area contributed by atoms with Gasteiger partial charge in [-0.3, -0.25) is 4.98 Å². The first-order valence-electron chi connectivity index (χ1n) is 5.01. The van der Waals surface area contributed by atoms with Crippen molar-refractivity contribution in [3.63, 3.8) is 0 Å².